The van der Waals surface area contributed by atoms with Crippen LogP contribution in [-0.2, 0) is 29.0 Å². The molecule has 0 bridgehead atoms. The molecule has 2 amide bonds. The molecule has 0 aliphatic carbocycles. The van der Waals surface area contributed by atoms with Crippen molar-refractivity contribution in [2.24, 2.45) is 0 Å². The Kier molecular flexibility index (Phi) is 8.46. The molecule has 1 atom stereocenters. The fourth-order valence-corrected chi connectivity index (χ4v) is 3.92. The summed E-state index contributed by atoms with van der Waals surface area (Å²) in [5.74, 6) is -0.270. The largest absolute Gasteiger partial charge is 0.355 e. The predicted molar refractivity (Wildman–Crippen MR) is 130 cm³/mol. The summed E-state index contributed by atoms with van der Waals surface area (Å²) in [6, 6.07) is 24.4. The monoisotopic (exact) mass is 448 g/mol. The molecule has 32 heavy (non-hydrogen) atoms. The molecular weight excluding hydrogens is 420 g/mol. The van der Waals surface area contributed by atoms with Crippen molar-refractivity contribution < 1.29 is 9.59 Å². The highest BCUT2D eigenvalue weighted by Crippen LogP contribution is 2.21. The number of nitrogens with one attached hydrogen (secondary N) is 1. The second kappa shape index (κ2) is 11.5. The first-order valence-electron chi connectivity index (χ1n) is 10.9. The molecule has 0 saturated carbocycles. The van der Waals surface area contributed by atoms with Gasteiger partial charge >= 0.3 is 0 Å². The molecule has 3 aromatic carbocycles. The van der Waals surface area contributed by atoms with Crippen LogP contribution in [0.5, 0.6) is 0 Å². The van der Waals surface area contributed by atoms with Crippen LogP contribution in [0.1, 0.15) is 29.2 Å². The number of aryl methyl sites for hydroxylation is 1. The molecule has 0 saturated heterocycles. The van der Waals surface area contributed by atoms with Gasteiger partial charge in [-0.2, -0.15) is 0 Å². The molecule has 0 radical (unpaired) electrons. The highest BCUT2D eigenvalue weighted by atomic mass is 35.5. The lowest BCUT2D eigenvalue weighted by molar-refractivity contribution is -0.140. The van der Waals surface area contributed by atoms with Gasteiger partial charge in [-0.05, 0) is 42.2 Å². The first-order chi connectivity index (χ1) is 15.5. The summed E-state index contributed by atoms with van der Waals surface area (Å²) in [6.07, 6.45) is 0.651. The zero-order valence-electron chi connectivity index (χ0n) is 18.6. The van der Waals surface area contributed by atoms with Crippen LogP contribution in [0, 0.1) is 6.92 Å². The molecule has 0 heterocycles. The standard InChI is InChI=1S/C27H29ClN2O2/c1-3-29-27(32)25(17-21-12-5-4-6-13-21)30(19-23-15-9-10-16-24(23)28)26(31)18-22-14-8-7-11-20(22)2/h4-16,25H,3,17-19H2,1-2H3,(H,29,32)/t25-/m1/s1. The Morgan fingerprint density at radius 1 is 0.906 bits per heavy atom. The number of halogens is 1. The Hall–Kier alpha value is -3.11. The molecule has 0 aliphatic heterocycles. The quantitative estimate of drug-likeness (QED) is 0.502. The topological polar surface area (TPSA) is 49.4 Å². The Labute approximate surface area is 195 Å². The first-order valence-corrected chi connectivity index (χ1v) is 11.3. The van der Waals surface area contributed by atoms with Gasteiger partial charge in [0.2, 0.25) is 11.8 Å². The number of carbonyl (C=O) groups is 2. The molecule has 1 N–H and O–H groups in total. The summed E-state index contributed by atoms with van der Waals surface area (Å²) in [6.45, 7) is 4.63. The maximum absolute atomic E-state index is 13.6. The molecule has 4 nitrogen and oxygen atoms in total. The van der Waals surface area contributed by atoms with Crippen LogP contribution in [0.2, 0.25) is 5.02 Å². The highest BCUT2D eigenvalue weighted by molar-refractivity contribution is 6.31. The molecule has 166 valence electrons. The van der Waals surface area contributed by atoms with E-state index in [-0.39, 0.29) is 24.8 Å². The lowest BCUT2D eigenvalue weighted by atomic mass is 10.0. The van der Waals surface area contributed by atoms with E-state index in [0.29, 0.717) is 18.0 Å². The zero-order valence-corrected chi connectivity index (χ0v) is 19.3. The van der Waals surface area contributed by atoms with Crippen molar-refractivity contribution in [2.45, 2.75) is 39.3 Å². The lowest BCUT2D eigenvalue weighted by Crippen LogP contribution is -2.51. The van der Waals surface area contributed by atoms with E-state index in [1.165, 1.54) is 0 Å². The number of hydrogen-bond acceptors (Lipinski definition) is 2. The number of benzene rings is 3. The summed E-state index contributed by atoms with van der Waals surface area (Å²) in [5.41, 5.74) is 3.82. The summed E-state index contributed by atoms with van der Waals surface area (Å²) in [4.78, 5) is 28.4. The Balaban J connectivity index is 1.98. The second-order valence-corrected chi connectivity index (χ2v) is 8.22. The summed E-state index contributed by atoms with van der Waals surface area (Å²) >= 11 is 6.43. The van der Waals surface area contributed by atoms with Gasteiger partial charge in [0.05, 0.1) is 6.42 Å². The minimum atomic E-state index is -0.648. The van der Waals surface area contributed by atoms with E-state index in [9.17, 15) is 9.59 Å². The van der Waals surface area contributed by atoms with E-state index in [1.54, 1.807) is 11.0 Å². The van der Waals surface area contributed by atoms with Crippen molar-refractivity contribution >= 4 is 23.4 Å². The third-order valence-electron chi connectivity index (χ3n) is 5.52. The van der Waals surface area contributed by atoms with E-state index in [1.807, 2.05) is 86.6 Å². The maximum atomic E-state index is 13.6. The number of likely N-dealkylation sites (N-methyl/N-ethyl adjacent to an activating group) is 1. The van der Waals surface area contributed by atoms with Gasteiger partial charge in [-0.3, -0.25) is 9.59 Å². The van der Waals surface area contributed by atoms with Crippen molar-refractivity contribution in [1.29, 1.82) is 0 Å². The van der Waals surface area contributed by atoms with Crippen LogP contribution in [0.25, 0.3) is 0 Å². The minimum absolute atomic E-state index is 0.105. The van der Waals surface area contributed by atoms with Gasteiger partial charge in [-0.15, -0.1) is 0 Å². The van der Waals surface area contributed by atoms with Crippen molar-refractivity contribution in [3.63, 3.8) is 0 Å². The molecule has 5 heteroatoms. The van der Waals surface area contributed by atoms with Gasteiger partial charge in [0.1, 0.15) is 6.04 Å². The Morgan fingerprint density at radius 3 is 2.19 bits per heavy atom. The van der Waals surface area contributed by atoms with Crippen molar-refractivity contribution in [2.75, 3.05) is 6.54 Å². The minimum Gasteiger partial charge on any atom is -0.355 e. The van der Waals surface area contributed by atoms with Crippen molar-refractivity contribution in [3.8, 4) is 0 Å². The average Bonchev–Trinajstić information content (AvgIpc) is 2.79. The van der Waals surface area contributed by atoms with Crippen molar-refractivity contribution in [3.05, 3.63) is 106 Å². The van der Waals surface area contributed by atoms with Crippen LogP contribution in [0.15, 0.2) is 78.9 Å². The van der Waals surface area contributed by atoms with E-state index >= 15 is 0 Å². The lowest BCUT2D eigenvalue weighted by Gasteiger charge is -2.32. The molecule has 0 aliphatic rings. The average molecular weight is 449 g/mol. The van der Waals surface area contributed by atoms with Gasteiger partial charge in [0.15, 0.2) is 0 Å². The Bertz CT molecular complexity index is 1050. The smallest absolute Gasteiger partial charge is 0.243 e. The van der Waals surface area contributed by atoms with Crippen LogP contribution < -0.4 is 5.32 Å². The number of rotatable bonds is 9. The normalized spacial score (nSPS) is 11.6. The maximum Gasteiger partial charge on any atom is 0.243 e. The molecule has 0 fully saturated rings. The third-order valence-corrected chi connectivity index (χ3v) is 5.89. The number of amides is 2. The Morgan fingerprint density at radius 2 is 1.53 bits per heavy atom. The van der Waals surface area contributed by atoms with Crippen LogP contribution in [0.4, 0.5) is 0 Å². The summed E-state index contributed by atoms with van der Waals surface area (Å²) in [5, 5.41) is 3.49. The summed E-state index contributed by atoms with van der Waals surface area (Å²) in [7, 11) is 0. The van der Waals surface area contributed by atoms with Gasteiger partial charge in [-0.25, -0.2) is 0 Å². The van der Waals surface area contributed by atoms with Crippen LogP contribution >= 0.6 is 11.6 Å². The molecule has 3 rings (SSSR count). The van der Waals surface area contributed by atoms with E-state index in [4.69, 9.17) is 11.6 Å². The fraction of sp³-hybridized carbons (Fsp3) is 0.259. The molecular formula is C27H29ClN2O2. The second-order valence-electron chi connectivity index (χ2n) is 7.82. The predicted octanol–water partition coefficient (Wildman–Crippen LogP) is 4.97. The van der Waals surface area contributed by atoms with E-state index < -0.39 is 6.04 Å². The zero-order chi connectivity index (χ0) is 22.9. The fourth-order valence-electron chi connectivity index (χ4n) is 3.73. The number of nitrogens with zero attached hydrogens (tertiary/aromatic N) is 1. The van der Waals surface area contributed by atoms with Gasteiger partial charge in [0, 0.05) is 24.5 Å². The molecule has 0 unspecified atom stereocenters. The highest BCUT2D eigenvalue weighted by Gasteiger charge is 2.30. The van der Waals surface area contributed by atoms with Gasteiger partial charge < -0.3 is 10.2 Å². The molecule has 3 aromatic rings. The van der Waals surface area contributed by atoms with Crippen molar-refractivity contribution in [1.82, 2.24) is 10.2 Å². The molecule has 0 spiro atoms. The van der Waals surface area contributed by atoms with Crippen LogP contribution in [0.3, 0.4) is 0 Å². The van der Waals surface area contributed by atoms with E-state index in [2.05, 4.69) is 5.32 Å². The SMILES string of the molecule is CCNC(=O)[C@@H](Cc1ccccc1)N(Cc1ccccc1Cl)C(=O)Cc1ccccc1C. The molecule has 0 aromatic heterocycles. The van der Waals surface area contributed by atoms with Gasteiger partial charge in [0.25, 0.3) is 0 Å². The summed E-state index contributed by atoms with van der Waals surface area (Å²) < 4.78 is 0. The van der Waals surface area contributed by atoms with Gasteiger partial charge in [-0.1, -0.05) is 84.4 Å². The number of carbonyl (C=O) groups excluding carboxylic acids is 2. The third kappa shape index (κ3) is 6.21. The first kappa shape index (κ1) is 23.6. The van der Waals surface area contributed by atoms with E-state index in [0.717, 1.165) is 22.3 Å². The van der Waals surface area contributed by atoms with Crippen LogP contribution in [-0.4, -0.2) is 29.3 Å². The number of hydrogen-bond donors (Lipinski definition) is 1.